The summed E-state index contributed by atoms with van der Waals surface area (Å²) in [5, 5.41) is 4.31. The second-order valence-electron chi connectivity index (χ2n) is 20.9. The molecular formula is C61H57N3O2. The Morgan fingerprint density at radius 3 is 1.82 bits per heavy atom. The van der Waals surface area contributed by atoms with Gasteiger partial charge in [-0.25, -0.2) is 9.97 Å². The van der Waals surface area contributed by atoms with Gasteiger partial charge in [0.15, 0.2) is 5.58 Å². The van der Waals surface area contributed by atoms with Crippen molar-refractivity contribution in [3.05, 3.63) is 161 Å². The maximum atomic E-state index is 8.73. The van der Waals surface area contributed by atoms with Crippen LogP contribution in [0.15, 0.2) is 142 Å². The van der Waals surface area contributed by atoms with Gasteiger partial charge in [0.2, 0.25) is 5.71 Å². The van der Waals surface area contributed by atoms with Crippen molar-refractivity contribution in [1.29, 1.82) is 0 Å². The molecule has 4 heterocycles. The van der Waals surface area contributed by atoms with Crippen molar-refractivity contribution in [2.45, 2.75) is 98.8 Å². The summed E-state index contributed by atoms with van der Waals surface area (Å²) in [4.78, 5) is 10.5. The first-order chi connectivity index (χ1) is 32.7. The Morgan fingerprint density at radius 2 is 1.18 bits per heavy atom. The monoisotopic (exact) mass is 866 g/mol. The Labute approximate surface area is 391 Å². The number of hydrogen-bond acceptors (Lipinski definition) is 4. The van der Waals surface area contributed by atoms with E-state index in [-0.39, 0.29) is 28.2 Å². The van der Waals surface area contributed by atoms with Crippen molar-refractivity contribution in [3.63, 3.8) is 0 Å². The highest BCUT2D eigenvalue weighted by Gasteiger charge is 2.28. The molecule has 11 aromatic rings. The third kappa shape index (κ3) is 6.73. The van der Waals surface area contributed by atoms with Crippen molar-refractivity contribution in [2.75, 3.05) is 0 Å². The molecule has 0 bridgehead atoms. The summed E-state index contributed by atoms with van der Waals surface area (Å²) < 4.78 is 41.6. The zero-order chi connectivity index (χ0) is 48.5. The third-order valence-corrected chi connectivity index (χ3v) is 13.6. The van der Waals surface area contributed by atoms with Crippen LogP contribution in [0.3, 0.4) is 0 Å². The number of furan rings is 2. The molecule has 0 fully saturated rings. The summed E-state index contributed by atoms with van der Waals surface area (Å²) in [7, 11) is 0. The molecule has 0 aliphatic rings. The maximum absolute atomic E-state index is 8.73. The minimum atomic E-state index is -2.45. The Morgan fingerprint density at radius 1 is 0.561 bits per heavy atom. The largest absolute Gasteiger partial charge is 0.454 e. The summed E-state index contributed by atoms with van der Waals surface area (Å²) in [5.41, 5.74) is 15.9. The fourth-order valence-corrected chi connectivity index (χ4v) is 9.84. The average molecular weight is 867 g/mol. The van der Waals surface area contributed by atoms with Crippen molar-refractivity contribution >= 4 is 65.9 Å². The van der Waals surface area contributed by atoms with E-state index in [1.54, 1.807) is 6.07 Å². The van der Waals surface area contributed by atoms with Gasteiger partial charge in [0.05, 0.1) is 33.1 Å². The van der Waals surface area contributed by atoms with Gasteiger partial charge in [0.1, 0.15) is 22.5 Å². The number of aryl methyl sites for hydroxylation is 1. The first-order valence-corrected chi connectivity index (χ1v) is 23.3. The summed E-state index contributed by atoms with van der Waals surface area (Å²) in [5.74, 6) is 0.891. The molecule has 0 saturated heterocycles. The molecule has 0 spiro atoms. The summed E-state index contributed by atoms with van der Waals surface area (Å²) in [6.07, 6.45) is 0. The lowest BCUT2D eigenvalue weighted by molar-refractivity contribution is 0.569. The Kier molecular flexibility index (Phi) is 8.72. The lowest BCUT2D eigenvalue weighted by Gasteiger charge is -2.26. The molecule has 328 valence electrons. The number of rotatable bonds is 6. The van der Waals surface area contributed by atoms with E-state index in [9.17, 15) is 0 Å². The van der Waals surface area contributed by atoms with Crippen LogP contribution < -0.4 is 0 Å². The average Bonchev–Trinajstić information content (AvgIpc) is 4.00. The molecule has 5 heteroatoms. The molecule has 7 aromatic carbocycles. The topological polar surface area (TPSA) is 57.0 Å². The van der Waals surface area contributed by atoms with E-state index in [0.29, 0.717) is 44.8 Å². The lowest BCUT2D eigenvalue weighted by Crippen LogP contribution is -2.16. The zero-order valence-corrected chi connectivity index (χ0v) is 39.5. The number of nitrogens with zero attached hydrogens (tertiary/aromatic N) is 3. The lowest BCUT2D eigenvalue weighted by atomic mass is 9.79. The van der Waals surface area contributed by atoms with Crippen LogP contribution in [0, 0.1) is 6.85 Å². The summed E-state index contributed by atoms with van der Waals surface area (Å²) in [6, 6.07) is 46.8. The van der Waals surface area contributed by atoms with Gasteiger partial charge >= 0.3 is 0 Å². The van der Waals surface area contributed by atoms with Gasteiger partial charge in [-0.2, -0.15) is 0 Å². The second kappa shape index (κ2) is 15.0. The first-order valence-electron chi connectivity index (χ1n) is 24.8. The van der Waals surface area contributed by atoms with Crippen LogP contribution in [0.5, 0.6) is 0 Å². The predicted octanol–water partition coefficient (Wildman–Crippen LogP) is 17.5. The van der Waals surface area contributed by atoms with E-state index >= 15 is 0 Å². The highest BCUT2D eigenvalue weighted by atomic mass is 16.3. The minimum absolute atomic E-state index is 0.0182. The van der Waals surface area contributed by atoms with E-state index in [2.05, 4.69) is 165 Å². The van der Waals surface area contributed by atoms with Crippen LogP contribution in [0.1, 0.15) is 113 Å². The van der Waals surface area contributed by atoms with Gasteiger partial charge < -0.3 is 8.83 Å². The quantitative estimate of drug-likeness (QED) is 0.167. The van der Waals surface area contributed by atoms with Crippen LogP contribution in [-0.4, -0.2) is 14.5 Å². The number of imidazole rings is 1. The Hall–Kier alpha value is -6.98. The normalized spacial score (nSPS) is 13.6. The van der Waals surface area contributed by atoms with E-state index in [1.165, 1.54) is 33.4 Å². The van der Waals surface area contributed by atoms with Gasteiger partial charge in [-0.15, -0.1) is 0 Å². The van der Waals surface area contributed by atoms with Crippen molar-refractivity contribution in [2.24, 2.45) is 0 Å². The maximum Gasteiger partial charge on any atom is 0.228 e. The highest BCUT2D eigenvalue weighted by Crippen LogP contribution is 2.45. The molecule has 0 aliphatic heterocycles. The number of benzene rings is 7. The molecule has 0 radical (unpaired) electrons. The molecule has 4 aromatic heterocycles. The van der Waals surface area contributed by atoms with Gasteiger partial charge in [-0.05, 0) is 121 Å². The number of pyridine rings is 1. The van der Waals surface area contributed by atoms with Crippen LogP contribution in [-0.2, 0) is 10.8 Å². The van der Waals surface area contributed by atoms with E-state index in [4.69, 9.17) is 22.9 Å². The van der Waals surface area contributed by atoms with E-state index in [1.807, 2.05) is 36.4 Å². The molecule has 0 N–H and O–H groups in total. The summed E-state index contributed by atoms with van der Waals surface area (Å²) in [6.45, 7) is 20.3. The molecule has 0 saturated carbocycles. The molecule has 0 unspecified atom stereocenters. The standard InChI is InChI=1S/C61H57N3O2/c1-34(2)47-30-41(38-23-21-37(22-24-38)40-28-42(60(6,7)8)32-43(29-40)61(9,10)11)31-48(35(3)4)55(47)64-56-44-17-13-12-16-39(44)25-27-50(56)62-58(64)46-26-20-36(5)53-54-52(65-57(46)53)33-49-45-18-14-15-19-51(45)66-59(49)63-54/h12-35H,1-11H3/i5D3. The van der Waals surface area contributed by atoms with Crippen molar-refractivity contribution in [1.82, 2.24) is 14.5 Å². The highest BCUT2D eigenvalue weighted by molar-refractivity contribution is 6.15. The smallest absolute Gasteiger partial charge is 0.228 e. The number of aromatic nitrogens is 3. The van der Waals surface area contributed by atoms with Crippen molar-refractivity contribution in [3.8, 4) is 39.3 Å². The van der Waals surface area contributed by atoms with E-state index < -0.39 is 6.85 Å². The second-order valence-corrected chi connectivity index (χ2v) is 20.9. The molecule has 5 nitrogen and oxygen atoms in total. The molecule has 0 atom stereocenters. The predicted molar refractivity (Wildman–Crippen MR) is 278 cm³/mol. The Balaban J connectivity index is 1.16. The van der Waals surface area contributed by atoms with Crippen LogP contribution in [0.4, 0.5) is 0 Å². The van der Waals surface area contributed by atoms with Gasteiger partial charge in [-0.3, -0.25) is 4.57 Å². The fourth-order valence-electron chi connectivity index (χ4n) is 9.84. The van der Waals surface area contributed by atoms with Gasteiger partial charge in [-0.1, -0.05) is 166 Å². The number of hydrogen-bond donors (Lipinski definition) is 0. The fraction of sp³-hybridized carbons (Fsp3) is 0.246. The third-order valence-electron chi connectivity index (χ3n) is 13.6. The molecule has 0 aliphatic carbocycles. The van der Waals surface area contributed by atoms with Crippen LogP contribution in [0.2, 0.25) is 0 Å². The van der Waals surface area contributed by atoms with Gasteiger partial charge in [0.25, 0.3) is 0 Å². The molecular weight excluding hydrogens is 807 g/mol. The van der Waals surface area contributed by atoms with E-state index in [0.717, 1.165) is 49.4 Å². The molecule has 66 heavy (non-hydrogen) atoms. The number of para-hydroxylation sites is 1. The molecule has 11 rings (SSSR count). The van der Waals surface area contributed by atoms with Crippen molar-refractivity contribution < 1.29 is 12.9 Å². The summed E-state index contributed by atoms with van der Waals surface area (Å²) >= 11 is 0. The van der Waals surface area contributed by atoms with Gasteiger partial charge in [0, 0.05) is 14.9 Å². The van der Waals surface area contributed by atoms with Crippen LogP contribution >= 0.6 is 0 Å². The zero-order valence-electron chi connectivity index (χ0n) is 42.5. The SMILES string of the molecule is [2H]C([2H])([2H])c1ccc(-c2nc3ccc4ccccc4c3n2-c2c(C(C)C)cc(-c3ccc(-c4cc(C(C)(C)C)cc(C(C)(C)C)c4)cc3)cc2C(C)C)c2oc3cc4c(nc3c12)oc1ccccc14. The Bertz CT molecular complexity index is 3790. The van der Waals surface area contributed by atoms with Crippen LogP contribution in [0.25, 0.3) is 105 Å². The molecule has 0 amide bonds. The number of fused-ring (bicyclic) bond motifs is 9. The minimum Gasteiger partial charge on any atom is -0.454 e. The first kappa shape index (κ1) is 38.3.